The standard InChI is InChI=1S/C12H13ClN2O/c13-11-4-2-8-9(15-11)6-16-12(8)5-7-1-3-10(12)14-7/h2,4,7,10,14H,1,3,5-6H2/t7-,10+,12-/m0/s1. The highest BCUT2D eigenvalue weighted by atomic mass is 35.5. The zero-order valence-electron chi connectivity index (χ0n) is 8.87. The van der Waals surface area contributed by atoms with Gasteiger partial charge < -0.3 is 10.1 Å². The van der Waals surface area contributed by atoms with Gasteiger partial charge in [0.05, 0.1) is 12.3 Å². The van der Waals surface area contributed by atoms with E-state index in [1.807, 2.05) is 6.07 Å². The molecule has 0 saturated carbocycles. The van der Waals surface area contributed by atoms with E-state index in [-0.39, 0.29) is 5.60 Å². The van der Waals surface area contributed by atoms with Crippen LogP contribution in [-0.4, -0.2) is 17.1 Å². The summed E-state index contributed by atoms with van der Waals surface area (Å²) < 4.78 is 6.08. The maximum absolute atomic E-state index is 6.08. The largest absolute Gasteiger partial charge is 0.362 e. The molecule has 2 fully saturated rings. The summed E-state index contributed by atoms with van der Waals surface area (Å²) in [5.74, 6) is 0. The molecule has 0 aromatic carbocycles. The number of aromatic nitrogens is 1. The number of fused-ring (bicyclic) bond motifs is 5. The minimum atomic E-state index is -0.101. The number of nitrogens with zero attached hydrogens (tertiary/aromatic N) is 1. The molecule has 0 unspecified atom stereocenters. The molecule has 4 heterocycles. The van der Waals surface area contributed by atoms with Gasteiger partial charge in [-0.25, -0.2) is 4.98 Å². The second kappa shape index (κ2) is 2.97. The van der Waals surface area contributed by atoms with Crippen LogP contribution in [0.4, 0.5) is 0 Å². The van der Waals surface area contributed by atoms with Crippen LogP contribution in [0.1, 0.15) is 30.5 Å². The van der Waals surface area contributed by atoms with Crippen molar-refractivity contribution in [1.82, 2.24) is 10.3 Å². The predicted molar refractivity (Wildman–Crippen MR) is 60.3 cm³/mol. The van der Waals surface area contributed by atoms with Crippen molar-refractivity contribution in [2.24, 2.45) is 0 Å². The number of hydrogen-bond acceptors (Lipinski definition) is 3. The van der Waals surface area contributed by atoms with Crippen molar-refractivity contribution in [3.63, 3.8) is 0 Å². The Morgan fingerprint density at radius 3 is 3.12 bits per heavy atom. The van der Waals surface area contributed by atoms with E-state index in [2.05, 4.69) is 16.4 Å². The third-order valence-electron chi connectivity index (χ3n) is 4.22. The molecule has 2 saturated heterocycles. The lowest BCUT2D eigenvalue weighted by atomic mass is 9.80. The topological polar surface area (TPSA) is 34.1 Å². The predicted octanol–water partition coefficient (Wildman–Crippen LogP) is 1.98. The summed E-state index contributed by atoms with van der Waals surface area (Å²) in [7, 11) is 0. The number of hydrogen-bond donors (Lipinski definition) is 1. The molecule has 1 N–H and O–H groups in total. The zero-order valence-corrected chi connectivity index (χ0v) is 9.63. The van der Waals surface area contributed by atoms with Crippen LogP contribution in [0.15, 0.2) is 12.1 Å². The lowest BCUT2D eigenvalue weighted by Crippen LogP contribution is -2.38. The normalized spacial score (nSPS) is 39.6. The van der Waals surface area contributed by atoms with Gasteiger partial charge >= 0.3 is 0 Å². The van der Waals surface area contributed by atoms with Gasteiger partial charge in [-0.05, 0) is 25.3 Å². The van der Waals surface area contributed by atoms with Crippen LogP contribution in [0.2, 0.25) is 5.15 Å². The number of pyridine rings is 1. The third-order valence-corrected chi connectivity index (χ3v) is 4.43. The van der Waals surface area contributed by atoms with Crippen molar-refractivity contribution < 1.29 is 4.74 Å². The Balaban J connectivity index is 1.84. The summed E-state index contributed by atoms with van der Waals surface area (Å²) in [5.41, 5.74) is 2.19. The van der Waals surface area contributed by atoms with E-state index in [1.54, 1.807) is 0 Å². The molecule has 3 aliphatic rings. The van der Waals surface area contributed by atoms with E-state index in [1.165, 1.54) is 18.4 Å². The number of rotatable bonds is 0. The fraction of sp³-hybridized carbons (Fsp3) is 0.583. The summed E-state index contributed by atoms with van der Waals surface area (Å²) >= 11 is 5.92. The Bertz CT molecular complexity index is 464. The Morgan fingerprint density at radius 2 is 2.38 bits per heavy atom. The van der Waals surface area contributed by atoms with Gasteiger partial charge in [-0.2, -0.15) is 0 Å². The molecule has 84 valence electrons. The van der Waals surface area contributed by atoms with E-state index >= 15 is 0 Å². The number of ether oxygens (including phenoxy) is 1. The van der Waals surface area contributed by atoms with Crippen LogP contribution < -0.4 is 5.32 Å². The molecule has 1 aromatic rings. The van der Waals surface area contributed by atoms with Crippen LogP contribution in [0.5, 0.6) is 0 Å². The molecule has 4 heteroatoms. The molecule has 1 aromatic heterocycles. The fourth-order valence-electron chi connectivity index (χ4n) is 3.56. The minimum Gasteiger partial charge on any atom is -0.362 e. The van der Waals surface area contributed by atoms with Gasteiger partial charge in [0.25, 0.3) is 0 Å². The van der Waals surface area contributed by atoms with E-state index in [9.17, 15) is 0 Å². The summed E-state index contributed by atoms with van der Waals surface area (Å²) in [5, 5.41) is 4.20. The second-order valence-electron chi connectivity index (χ2n) is 5.00. The van der Waals surface area contributed by atoms with Gasteiger partial charge in [-0.15, -0.1) is 0 Å². The van der Waals surface area contributed by atoms with Gasteiger partial charge in [0.15, 0.2) is 0 Å². The molecule has 3 atom stereocenters. The van der Waals surface area contributed by atoms with Crippen LogP contribution >= 0.6 is 11.6 Å². The first-order valence-electron chi connectivity index (χ1n) is 5.84. The SMILES string of the molecule is Clc1ccc2c(n1)CO[C@@]21C[C@@H]2CC[C@H]1N2. The Labute approximate surface area is 99.2 Å². The number of nitrogens with one attached hydrogen (secondary N) is 1. The molecule has 0 radical (unpaired) electrons. The van der Waals surface area contributed by atoms with E-state index < -0.39 is 0 Å². The maximum Gasteiger partial charge on any atom is 0.129 e. The quantitative estimate of drug-likeness (QED) is 0.700. The van der Waals surface area contributed by atoms with Crippen molar-refractivity contribution in [3.8, 4) is 0 Å². The zero-order chi connectivity index (χ0) is 10.8. The summed E-state index contributed by atoms with van der Waals surface area (Å²) in [4.78, 5) is 4.37. The second-order valence-corrected chi connectivity index (χ2v) is 5.39. The summed E-state index contributed by atoms with van der Waals surface area (Å²) in [6, 6.07) is 5.08. The van der Waals surface area contributed by atoms with Crippen molar-refractivity contribution in [2.45, 2.75) is 43.6 Å². The minimum absolute atomic E-state index is 0.101. The Kier molecular flexibility index (Phi) is 1.75. The highest BCUT2D eigenvalue weighted by molar-refractivity contribution is 6.29. The first-order valence-corrected chi connectivity index (χ1v) is 6.22. The highest BCUT2D eigenvalue weighted by Gasteiger charge is 2.56. The molecule has 3 aliphatic heterocycles. The molecule has 2 bridgehead atoms. The Morgan fingerprint density at radius 1 is 1.44 bits per heavy atom. The van der Waals surface area contributed by atoms with Crippen LogP contribution in [0.3, 0.4) is 0 Å². The molecule has 16 heavy (non-hydrogen) atoms. The van der Waals surface area contributed by atoms with E-state index in [4.69, 9.17) is 16.3 Å². The summed E-state index contributed by atoms with van der Waals surface area (Å²) in [6.07, 6.45) is 3.59. The van der Waals surface area contributed by atoms with Crippen molar-refractivity contribution >= 4 is 11.6 Å². The highest BCUT2D eigenvalue weighted by Crippen LogP contribution is 2.50. The smallest absolute Gasteiger partial charge is 0.129 e. The molecule has 0 aliphatic carbocycles. The van der Waals surface area contributed by atoms with Crippen LogP contribution in [0.25, 0.3) is 0 Å². The van der Waals surface area contributed by atoms with Crippen molar-refractivity contribution in [3.05, 3.63) is 28.5 Å². The average Bonchev–Trinajstić information content (AvgIpc) is 2.94. The molecular formula is C12H13ClN2O. The van der Waals surface area contributed by atoms with Gasteiger partial charge in [-0.3, -0.25) is 0 Å². The molecular weight excluding hydrogens is 224 g/mol. The first kappa shape index (κ1) is 9.40. The van der Waals surface area contributed by atoms with Crippen molar-refractivity contribution in [1.29, 1.82) is 0 Å². The average molecular weight is 237 g/mol. The fourth-order valence-corrected chi connectivity index (χ4v) is 3.72. The van der Waals surface area contributed by atoms with Gasteiger partial charge in [0, 0.05) is 17.6 Å². The first-order chi connectivity index (χ1) is 7.78. The van der Waals surface area contributed by atoms with Crippen molar-refractivity contribution in [2.75, 3.05) is 0 Å². The maximum atomic E-state index is 6.08. The Hall–Kier alpha value is -0.640. The molecule has 1 spiro atoms. The van der Waals surface area contributed by atoms with Crippen LogP contribution in [-0.2, 0) is 16.9 Å². The van der Waals surface area contributed by atoms with Gasteiger partial charge in [0.1, 0.15) is 10.8 Å². The molecule has 3 nitrogen and oxygen atoms in total. The molecule has 0 amide bonds. The lowest BCUT2D eigenvalue weighted by molar-refractivity contribution is -0.0553. The van der Waals surface area contributed by atoms with E-state index in [0.29, 0.717) is 23.8 Å². The third kappa shape index (κ3) is 1.04. The number of halogens is 1. The van der Waals surface area contributed by atoms with Gasteiger partial charge in [-0.1, -0.05) is 17.7 Å². The monoisotopic (exact) mass is 236 g/mol. The van der Waals surface area contributed by atoms with E-state index in [0.717, 1.165) is 12.1 Å². The molecule has 4 rings (SSSR count). The summed E-state index contributed by atoms with van der Waals surface area (Å²) in [6.45, 7) is 0.612. The van der Waals surface area contributed by atoms with Crippen LogP contribution in [0, 0.1) is 0 Å². The van der Waals surface area contributed by atoms with Gasteiger partial charge in [0.2, 0.25) is 0 Å². The lowest BCUT2D eigenvalue weighted by Gasteiger charge is -2.32.